The Morgan fingerprint density at radius 3 is 2.89 bits per heavy atom. The Morgan fingerprint density at radius 1 is 1.44 bits per heavy atom. The fraction of sp³-hybridized carbons (Fsp3) is 0.273. The molecule has 0 saturated carbocycles. The van der Waals surface area contributed by atoms with Crippen molar-refractivity contribution in [2.45, 2.75) is 13.3 Å². The molecule has 5 nitrogen and oxygen atoms in total. The summed E-state index contributed by atoms with van der Waals surface area (Å²) in [6.07, 6.45) is 3.40. The third-order valence-corrected chi connectivity index (χ3v) is 3.20. The van der Waals surface area contributed by atoms with Crippen LogP contribution < -0.4 is 5.32 Å². The molecule has 0 unspecified atom stereocenters. The number of nitrogens with zero attached hydrogens (tertiary/aromatic N) is 3. The van der Waals surface area contributed by atoms with Crippen LogP contribution in [-0.2, 0) is 6.42 Å². The van der Waals surface area contributed by atoms with Crippen molar-refractivity contribution in [1.82, 2.24) is 20.3 Å². The zero-order valence-corrected chi connectivity index (χ0v) is 11.3. The van der Waals surface area contributed by atoms with E-state index in [1.54, 1.807) is 11.3 Å². The highest BCUT2D eigenvalue weighted by Crippen LogP contribution is 2.07. The molecule has 0 aliphatic heterocycles. The van der Waals surface area contributed by atoms with Crippen LogP contribution in [0.2, 0.25) is 5.15 Å². The number of hydrogen-bond acceptors (Lipinski definition) is 5. The lowest BCUT2D eigenvalue weighted by Crippen LogP contribution is -2.26. The number of hydrogen-bond donors (Lipinski definition) is 1. The van der Waals surface area contributed by atoms with Crippen LogP contribution in [-0.4, -0.2) is 27.4 Å². The summed E-state index contributed by atoms with van der Waals surface area (Å²) in [4.78, 5) is 23.7. The van der Waals surface area contributed by atoms with E-state index in [9.17, 15) is 4.79 Å². The number of carbonyl (C=O) groups is 1. The van der Waals surface area contributed by atoms with Crippen molar-refractivity contribution < 1.29 is 4.79 Å². The van der Waals surface area contributed by atoms with Crippen LogP contribution in [0.4, 0.5) is 0 Å². The SMILES string of the molecule is Cc1nc(CCNC(=O)c2cnc(Cl)cn2)cs1. The first-order chi connectivity index (χ1) is 8.65. The van der Waals surface area contributed by atoms with Gasteiger partial charge >= 0.3 is 0 Å². The summed E-state index contributed by atoms with van der Waals surface area (Å²) in [5.41, 5.74) is 1.24. The standard InChI is InChI=1S/C11H11ClN4OS/c1-7-16-8(6-18-7)2-3-13-11(17)9-4-15-10(12)5-14-9/h4-6H,2-3H2,1H3,(H,13,17). The van der Waals surface area contributed by atoms with Crippen LogP contribution in [0.3, 0.4) is 0 Å². The first kappa shape index (κ1) is 12.9. The van der Waals surface area contributed by atoms with E-state index in [1.807, 2.05) is 12.3 Å². The maximum atomic E-state index is 11.7. The molecule has 2 aromatic rings. The molecule has 2 aromatic heterocycles. The Bertz CT molecular complexity index is 540. The number of aromatic nitrogens is 3. The molecule has 0 aliphatic rings. The smallest absolute Gasteiger partial charge is 0.271 e. The molecule has 2 rings (SSSR count). The summed E-state index contributed by atoms with van der Waals surface area (Å²) < 4.78 is 0. The van der Waals surface area contributed by atoms with Gasteiger partial charge in [-0.05, 0) is 6.92 Å². The van der Waals surface area contributed by atoms with Gasteiger partial charge in [0.1, 0.15) is 10.8 Å². The summed E-state index contributed by atoms with van der Waals surface area (Å²) in [7, 11) is 0. The van der Waals surface area contributed by atoms with Crippen molar-refractivity contribution in [3.63, 3.8) is 0 Å². The minimum atomic E-state index is -0.258. The average Bonchev–Trinajstić information content (AvgIpc) is 2.76. The van der Waals surface area contributed by atoms with Gasteiger partial charge in [-0.1, -0.05) is 11.6 Å². The van der Waals surface area contributed by atoms with Gasteiger partial charge in [0.05, 0.1) is 23.1 Å². The number of aryl methyl sites for hydroxylation is 1. The largest absolute Gasteiger partial charge is 0.350 e. The number of nitrogens with one attached hydrogen (secondary N) is 1. The fourth-order valence-corrected chi connectivity index (χ4v) is 2.09. The topological polar surface area (TPSA) is 67.8 Å². The van der Waals surface area contributed by atoms with E-state index in [0.717, 1.165) is 10.7 Å². The van der Waals surface area contributed by atoms with Crippen molar-refractivity contribution >= 4 is 28.8 Å². The quantitative estimate of drug-likeness (QED) is 0.929. The molecule has 94 valence electrons. The second-order valence-corrected chi connectivity index (χ2v) is 5.04. The Morgan fingerprint density at radius 2 is 2.28 bits per heavy atom. The van der Waals surface area contributed by atoms with E-state index in [0.29, 0.717) is 13.0 Å². The van der Waals surface area contributed by atoms with E-state index in [2.05, 4.69) is 20.3 Å². The zero-order chi connectivity index (χ0) is 13.0. The maximum absolute atomic E-state index is 11.7. The van der Waals surface area contributed by atoms with E-state index >= 15 is 0 Å². The number of halogens is 1. The van der Waals surface area contributed by atoms with E-state index in [4.69, 9.17) is 11.6 Å². The molecule has 0 fully saturated rings. The minimum absolute atomic E-state index is 0.258. The van der Waals surface area contributed by atoms with Gasteiger partial charge in [-0.2, -0.15) is 0 Å². The molecule has 1 amide bonds. The molecule has 0 spiro atoms. The number of carbonyl (C=O) groups excluding carboxylic acids is 1. The highest BCUT2D eigenvalue weighted by molar-refractivity contribution is 7.09. The molecular formula is C11H11ClN4OS. The summed E-state index contributed by atoms with van der Waals surface area (Å²) >= 11 is 7.19. The average molecular weight is 283 g/mol. The van der Waals surface area contributed by atoms with E-state index < -0.39 is 0 Å². The maximum Gasteiger partial charge on any atom is 0.271 e. The fourth-order valence-electron chi connectivity index (χ4n) is 1.35. The lowest BCUT2D eigenvalue weighted by atomic mass is 10.3. The molecule has 1 N–H and O–H groups in total. The van der Waals surface area contributed by atoms with Gasteiger partial charge in [0.15, 0.2) is 0 Å². The second kappa shape index (κ2) is 5.88. The van der Waals surface area contributed by atoms with Crippen molar-refractivity contribution in [2.24, 2.45) is 0 Å². The molecule has 0 aromatic carbocycles. The number of amides is 1. The van der Waals surface area contributed by atoms with Gasteiger partial charge < -0.3 is 5.32 Å². The first-order valence-corrected chi connectivity index (χ1v) is 6.57. The molecule has 0 radical (unpaired) electrons. The van der Waals surface area contributed by atoms with Gasteiger partial charge in [-0.15, -0.1) is 11.3 Å². The van der Waals surface area contributed by atoms with Crippen molar-refractivity contribution in [1.29, 1.82) is 0 Å². The van der Waals surface area contributed by atoms with Crippen LogP contribution in [0.15, 0.2) is 17.8 Å². The van der Waals surface area contributed by atoms with Gasteiger partial charge in [0.25, 0.3) is 5.91 Å². The highest BCUT2D eigenvalue weighted by atomic mass is 35.5. The Labute approximate surface area is 113 Å². The van der Waals surface area contributed by atoms with Crippen molar-refractivity contribution in [2.75, 3.05) is 6.54 Å². The van der Waals surface area contributed by atoms with Crippen LogP contribution in [0.1, 0.15) is 21.2 Å². The Kier molecular flexibility index (Phi) is 4.22. The van der Waals surface area contributed by atoms with Crippen molar-refractivity contribution in [3.8, 4) is 0 Å². The number of rotatable bonds is 4. The van der Waals surface area contributed by atoms with Crippen LogP contribution >= 0.6 is 22.9 Å². The van der Waals surface area contributed by atoms with Gasteiger partial charge in [-0.3, -0.25) is 4.79 Å². The summed E-state index contributed by atoms with van der Waals surface area (Å²) in [5.74, 6) is -0.258. The van der Waals surface area contributed by atoms with Crippen molar-refractivity contribution in [3.05, 3.63) is 39.3 Å². The Hall–Kier alpha value is -1.53. The molecule has 0 bridgehead atoms. The highest BCUT2D eigenvalue weighted by Gasteiger charge is 2.07. The number of thiazole rings is 1. The van der Waals surface area contributed by atoms with Gasteiger partial charge in [0, 0.05) is 18.3 Å². The lowest BCUT2D eigenvalue weighted by molar-refractivity contribution is 0.0948. The summed E-state index contributed by atoms with van der Waals surface area (Å²) in [6, 6.07) is 0. The predicted octanol–water partition coefficient (Wildman–Crippen LogP) is 1.87. The van der Waals surface area contributed by atoms with Gasteiger partial charge in [-0.25, -0.2) is 15.0 Å². The molecule has 2 heterocycles. The molecule has 0 atom stereocenters. The van der Waals surface area contributed by atoms with E-state index in [-0.39, 0.29) is 16.8 Å². The third-order valence-electron chi connectivity index (χ3n) is 2.19. The molecular weight excluding hydrogens is 272 g/mol. The molecule has 0 aliphatic carbocycles. The monoisotopic (exact) mass is 282 g/mol. The second-order valence-electron chi connectivity index (χ2n) is 3.59. The first-order valence-electron chi connectivity index (χ1n) is 5.32. The third kappa shape index (κ3) is 3.48. The summed E-state index contributed by atoms with van der Waals surface area (Å²) in [5, 5.41) is 6.04. The van der Waals surface area contributed by atoms with Gasteiger partial charge in [0.2, 0.25) is 0 Å². The van der Waals surface area contributed by atoms with E-state index in [1.165, 1.54) is 12.4 Å². The normalized spacial score (nSPS) is 10.3. The zero-order valence-electron chi connectivity index (χ0n) is 9.68. The lowest BCUT2D eigenvalue weighted by Gasteiger charge is -2.02. The van der Waals surface area contributed by atoms with Crippen LogP contribution in [0.25, 0.3) is 0 Å². The Balaban J connectivity index is 1.83. The van der Waals surface area contributed by atoms with Crippen LogP contribution in [0.5, 0.6) is 0 Å². The predicted molar refractivity (Wildman–Crippen MR) is 69.9 cm³/mol. The summed E-state index contributed by atoms with van der Waals surface area (Å²) in [6.45, 7) is 2.47. The minimum Gasteiger partial charge on any atom is -0.350 e. The molecule has 18 heavy (non-hydrogen) atoms. The van der Waals surface area contributed by atoms with Crippen LogP contribution in [0, 0.1) is 6.92 Å². The molecule has 0 saturated heterocycles. The molecule has 7 heteroatoms.